The molecule has 0 unspecified atom stereocenters. The average molecular weight is 444 g/mol. The number of benzene rings is 1. The first-order chi connectivity index (χ1) is 13.2. The van der Waals surface area contributed by atoms with Gasteiger partial charge < -0.3 is 15.2 Å². The number of carboxylic acid groups (broad SMARTS) is 1. The predicted octanol–water partition coefficient (Wildman–Crippen LogP) is 1.20. The van der Waals surface area contributed by atoms with E-state index in [2.05, 4.69) is 10.3 Å². The van der Waals surface area contributed by atoms with Gasteiger partial charge in [0.2, 0.25) is 10.2 Å². The summed E-state index contributed by atoms with van der Waals surface area (Å²) in [4.78, 5) is 40.1. The number of rotatable bonds is 6. The highest BCUT2D eigenvalue weighted by molar-refractivity contribution is 7.91. The van der Waals surface area contributed by atoms with Crippen LogP contribution in [0.2, 0.25) is 0 Å². The maximum Gasteiger partial charge on any atom is 0.411 e. The summed E-state index contributed by atoms with van der Waals surface area (Å²) in [5.41, 5.74) is -0.160. The second-order valence-corrected chi connectivity index (χ2v) is 9.75. The lowest BCUT2D eigenvalue weighted by molar-refractivity contribution is -0.138. The maximum atomic E-state index is 12.3. The molecule has 0 radical (unpaired) electrons. The molecule has 0 fully saturated rings. The van der Waals surface area contributed by atoms with Gasteiger partial charge in [-0.3, -0.25) is 14.5 Å². The second-order valence-electron chi connectivity index (χ2n) is 6.99. The molecular weight excluding hydrogens is 424 g/mol. The number of thiazole rings is 1. The van der Waals surface area contributed by atoms with Crippen LogP contribution in [0.1, 0.15) is 20.8 Å². The summed E-state index contributed by atoms with van der Waals surface area (Å²) in [7, 11) is -3.95. The third-order valence-electron chi connectivity index (χ3n) is 3.21. The number of hydrogen-bond acceptors (Lipinski definition) is 8. The summed E-state index contributed by atoms with van der Waals surface area (Å²) < 4.78 is 28.1. The molecule has 29 heavy (non-hydrogen) atoms. The molecule has 13 heteroatoms. The number of nitrogens with two attached hydrogens (primary N) is 1. The molecule has 1 heterocycles. The molecule has 1 aromatic heterocycles. The highest BCUT2D eigenvalue weighted by Crippen LogP contribution is 2.27. The third-order valence-corrected chi connectivity index (χ3v) is 5.55. The number of aromatic nitrogens is 1. The molecule has 4 N–H and O–H groups in total. The number of primary sulfonamides is 1. The number of carbonyl (C=O) groups is 3. The van der Waals surface area contributed by atoms with Crippen LogP contribution >= 0.6 is 11.3 Å². The number of fused-ring (bicyclic) bond motifs is 1. The number of hydrogen-bond donors (Lipinski definition) is 3. The highest BCUT2D eigenvalue weighted by Gasteiger charge is 2.26. The van der Waals surface area contributed by atoms with Gasteiger partial charge in [-0.1, -0.05) is 0 Å². The van der Waals surface area contributed by atoms with Crippen molar-refractivity contribution in [1.82, 2.24) is 9.88 Å². The quantitative estimate of drug-likeness (QED) is 0.597. The van der Waals surface area contributed by atoms with Gasteiger partial charge in [0.25, 0.3) is 10.0 Å². The molecule has 0 aliphatic heterocycles. The number of nitrogens with zero attached hydrogens (tertiary/aromatic N) is 2. The van der Waals surface area contributed by atoms with E-state index in [-0.39, 0.29) is 4.34 Å². The molecule has 0 aliphatic carbocycles. The number of ether oxygens (including phenoxy) is 1. The molecular formula is C16H20N4O7S2. The van der Waals surface area contributed by atoms with Crippen molar-refractivity contribution in [1.29, 1.82) is 0 Å². The highest BCUT2D eigenvalue weighted by atomic mass is 32.2. The topological polar surface area (TPSA) is 169 Å². The van der Waals surface area contributed by atoms with E-state index in [1.54, 1.807) is 20.8 Å². The minimum atomic E-state index is -3.95. The summed E-state index contributed by atoms with van der Waals surface area (Å²) in [5.74, 6) is -1.96. The maximum absolute atomic E-state index is 12.3. The Morgan fingerprint density at radius 1 is 1.28 bits per heavy atom. The van der Waals surface area contributed by atoms with Gasteiger partial charge in [0.05, 0.1) is 10.2 Å². The lowest BCUT2D eigenvalue weighted by Gasteiger charge is -2.26. The van der Waals surface area contributed by atoms with Gasteiger partial charge in [0.1, 0.15) is 18.7 Å². The van der Waals surface area contributed by atoms with Crippen molar-refractivity contribution < 1.29 is 32.6 Å². The van der Waals surface area contributed by atoms with E-state index in [1.165, 1.54) is 18.2 Å². The summed E-state index contributed by atoms with van der Waals surface area (Å²) >= 11 is 0.841. The lowest BCUT2D eigenvalue weighted by Crippen LogP contribution is -2.43. The van der Waals surface area contributed by atoms with Gasteiger partial charge in [-0.05, 0) is 39.0 Å². The Hall–Kier alpha value is -2.77. The predicted molar refractivity (Wildman–Crippen MR) is 105 cm³/mol. The zero-order valence-electron chi connectivity index (χ0n) is 15.8. The molecule has 0 bridgehead atoms. The van der Waals surface area contributed by atoms with Crippen LogP contribution in [-0.2, 0) is 24.3 Å². The van der Waals surface area contributed by atoms with E-state index in [0.717, 1.165) is 16.2 Å². The molecule has 0 saturated carbocycles. The van der Waals surface area contributed by atoms with Crippen LogP contribution in [0, 0.1) is 0 Å². The van der Waals surface area contributed by atoms with Gasteiger partial charge in [-0.2, -0.15) is 0 Å². The molecule has 2 amide bonds. The number of sulfonamides is 1. The van der Waals surface area contributed by atoms with E-state index < -0.39 is 46.7 Å². The van der Waals surface area contributed by atoms with Crippen LogP contribution in [-0.4, -0.2) is 60.1 Å². The molecule has 0 atom stereocenters. The van der Waals surface area contributed by atoms with Crippen LogP contribution in [0.25, 0.3) is 10.2 Å². The molecule has 2 rings (SSSR count). The van der Waals surface area contributed by atoms with E-state index in [4.69, 9.17) is 15.0 Å². The Kier molecular flexibility index (Phi) is 6.45. The van der Waals surface area contributed by atoms with Crippen molar-refractivity contribution in [3.63, 3.8) is 0 Å². The minimum absolute atomic E-state index is 0.256. The Morgan fingerprint density at radius 2 is 1.93 bits per heavy atom. The molecule has 2 aromatic rings. The summed E-state index contributed by atoms with van der Waals surface area (Å²) in [6.07, 6.45) is -0.939. The van der Waals surface area contributed by atoms with Gasteiger partial charge in [-0.15, -0.1) is 11.3 Å². The van der Waals surface area contributed by atoms with E-state index in [0.29, 0.717) is 15.9 Å². The fourth-order valence-electron chi connectivity index (χ4n) is 2.15. The summed E-state index contributed by atoms with van der Waals surface area (Å²) in [6, 6.07) is 4.48. The monoisotopic (exact) mass is 444 g/mol. The van der Waals surface area contributed by atoms with Crippen LogP contribution in [0.5, 0.6) is 0 Å². The number of amides is 2. The SMILES string of the molecule is CC(C)(C)OC(=O)N(CC(=O)O)CC(=O)Nc1ccc2nc(S(N)(=O)=O)sc2c1. The fraction of sp³-hybridized carbons (Fsp3) is 0.375. The van der Waals surface area contributed by atoms with Crippen LogP contribution < -0.4 is 10.5 Å². The van der Waals surface area contributed by atoms with Gasteiger partial charge in [0, 0.05) is 5.69 Å². The molecule has 0 spiro atoms. The van der Waals surface area contributed by atoms with Gasteiger partial charge >= 0.3 is 12.1 Å². The number of nitrogens with one attached hydrogen (secondary N) is 1. The Balaban J connectivity index is 2.14. The van der Waals surface area contributed by atoms with Crippen molar-refractivity contribution in [3.05, 3.63) is 18.2 Å². The first-order valence-electron chi connectivity index (χ1n) is 8.17. The normalized spacial score (nSPS) is 11.9. The van der Waals surface area contributed by atoms with Crippen molar-refractivity contribution in [3.8, 4) is 0 Å². The van der Waals surface area contributed by atoms with Gasteiger partial charge in [0.15, 0.2) is 0 Å². The average Bonchev–Trinajstić information content (AvgIpc) is 2.95. The van der Waals surface area contributed by atoms with E-state index in [1.807, 2.05) is 0 Å². The molecule has 158 valence electrons. The molecule has 0 aliphatic rings. The zero-order valence-corrected chi connectivity index (χ0v) is 17.5. The van der Waals surface area contributed by atoms with Crippen molar-refractivity contribution in [2.24, 2.45) is 5.14 Å². The number of carboxylic acids is 1. The Labute approximate surface area is 170 Å². The van der Waals surface area contributed by atoms with Crippen LogP contribution in [0.4, 0.5) is 10.5 Å². The largest absolute Gasteiger partial charge is 0.480 e. The number of anilines is 1. The van der Waals surface area contributed by atoms with Gasteiger partial charge in [-0.25, -0.2) is 23.3 Å². The Bertz CT molecular complexity index is 1060. The third kappa shape index (κ3) is 6.66. The number of carbonyl (C=O) groups excluding carboxylic acids is 2. The smallest absolute Gasteiger partial charge is 0.411 e. The van der Waals surface area contributed by atoms with Crippen molar-refractivity contribution in [2.45, 2.75) is 30.7 Å². The minimum Gasteiger partial charge on any atom is -0.480 e. The Morgan fingerprint density at radius 3 is 2.48 bits per heavy atom. The van der Waals surface area contributed by atoms with Crippen molar-refractivity contribution >= 4 is 55.2 Å². The zero-order chi connectivity index (χ0) is 22.0. The second kappa shape index (κ2) is 8.31. The standard InChI is InChI=1S/C16H20N4O7S2/c1-16(2,3)27-15(24)20(8-13(22)23)7-12(21)18-9-4-5-10-11(6-9)28-14(19-10)29(17,25)26/h4-6H,7-8H2,1-3H3,(H,18,21)(H,22,23)(H2,17,25,26). The van der Waals surface area contributed by atoms with Crippen LogP contribution in [0.3, 0.4) is 0 Å². The summed E-state index contributed by atoms with van der Waals surface area (Å²) in [6.45, 7) is 3.58. The summed E-state index contributed by atoms with van der Waals surface area (Å²) in [5, 5.41) is 16.6. The van der Waals surface area contributed by atoms with E-state index in [9.17, 15) is 22.8 Å². The first-order valence-corrected chi connectivity index (χ1v) is 10.5. The van der Waals surface area contributed by atoms with Crippen molar-refractivity contribution in [2.75, 3.05) is 18.4 Å². The fourth-order valence-corrected chi connectivity index (χ4v) is 3.85. The first kappa shape index (κ1) is 22.5. The molecule has 1 aromatic carbocycles. The number of aliphatic carboxylic acids is 1. The molecule has 11 nitrogen and oxygen atoms in total. The van der Waals surface area contributed by atoms with Crippen LogP contribution in [0.15, 0.2) is 22.5 Å². The van der Waals surface area contributed by atoms with E-state index >= 15 is 0 Å². The molecule has 0 saturated heterocycles. The lowest BCUT2D eigenvalue weighted by atomic mass is 10.2.